The standard InChI is InChI=1S/C12H23NOS/c1-6-8-9-10-11(7-2)13-15(14)12(3,4)5/h6H,1,7-10H2,2-5H3. The van der Waals surface area contributed by atoms with E-state index < -0.39 is 11.4 Å². The molecule has 0 aliphatic carbocycles. The van der Waals surface area contributed by atoms with Crippen molar-refractivity contribution < 1.29 is 4.55 Å². The summed E-state index contributed by atoms with van der Waals surface area (Å²) in [7, 11) is 0. The van der Waals surface area contributed by atoms with E-state index in [0.29, 0.717) is 0 Å². The van der Waals surface area contributed by atoms with E-state index in [1.807, 2.05) is 26.8 Å². The molecule has 1 unspecified atom stereocenters. The molecule has 3 heteroatoms. The molecule has 0 aromatic heterocycles. The van der Waals surface area contributed by atoms with Gasteiger partial charge in [-0.3, -0.25) is 0 Å². The largest absolute Gasteiger partial charge is 0.591 e. The Morgan fingerprint density at radius 2 is 2.07 bits per heavy atom. The van der Waals surface area contributed by atoms with Gasteiger partial charge in [-0.1, -0.05) is 17.4 Å². The number of unbranched alkanes of at least 4 members (excludes halogenated alkanes) is 1. The predicted octanol–water partition coefficient (Wildman–Crippen LogP) is 3.66. The highest BCUT2D eigenvalue weighted by atomic mass is 32.2. The van der Waals surface area contributed by atoms with E-state index in [9.17, 15) is 4.55 Å². The van der Waals surface area contributed by atoms with Crippen LogP contribution in [0, 0.1) is 0 Å². The van der Waals surface area contributed by atoms with Gasteiger partial charge in [-0.15, -0.1) is 6.58 Å². The number of allylic oxidation sites excluding steroid dienone is 1. The van der Waals surface area contributed by atoms with E-state index in [0.717, 1.165) is 31.4 Å². The van der Waals surface area contributed by atoms with Gasteiger partial charge in [0.25, 0.3) is 0 Å². The first-order chi connectivity index (χ1) is 6.91. The van der Waals surface area contributed by atoms with Crippen molar-refractivity contribution >= 4 is 17.1 Å². The molecule has 0 saturated carbocycles. The molecule has 1 atom stereocenters. The lowest BCUT2D eigenvalue weighted by molar-refractivity contribution is 0.561. The number of hydrogen-bond donors (Lipinski definition) is 0. The second kappa shape index (κ2) is 7.07. The summed E-state index contributed by atoms with van der Waals surface area (Å²) in [6, 6.07) is 0. The Morgan fingerprint density at radius 1 is 1.47 bits per heavy atom. The minimum atomic E-state index is -1.11. The molecule has 0 saturated heterocycles. The molecule has 0 fully saturated rings. The first kappa shape index (κ1) is 14.7. The van der Waals surface area contributed by atoms with Gasteiger partial charge in [0.2, 0.25) is 0 Å². The lowest BCUT2D eigenvalue weighted by Crippen LogP contribution is -2.26. The highest BCUT2D eigenvalue weighted by Crippen LogP contribution is 2.18. The van der Waals surface area contributed by atoms with Crippen LogP contribution in [-0.2, 0) is 11.4 Å². The molecule has 0 amide bonds. The van der Waals surface area contributed by atoms with Gasteiger partial charge in [-0.05, 0) is 46.5 Å². The smallest absolute Gasteiger partial charge is 0.144 e. The molecule has 0 heterocycles. The van der Waals surface area contributed by atoms with Gasteiger partial charge in [0.05, 0.1) is 5.71 Å². The van der Waals surface area contributed by atoms with Crippen molar-refractivity contribution in [1.82, 2.24) is 0 Å². The van der Waals surface area contributed by atoms with Crippen molar-refractivity contribution in [2.75, 3.05) is 0 Å². The summed E-state index contributed by atoms with van der Waals surface area (Å²) in [5.41, 5.74) is 1.06. The van der Waals surface area contributed by atoms with Crippen LogP contribution in [0.2, 0.25) is 0 Å². The van der Waals surface area contributed by atoms with E-state index >= 15 is 0 Å². The van der Waals surface area contributed by atoms with Crippen LogP contribution in [0.5, 0.6) is 0 Å². The van der Waals surface area contributed by atoms with Crippen molar-refractivity contribution in [2.45, 2.75) is 58.1 Å². The number of nitrogens with zero attached hydrogens (tertiary/aromatic N) is 1. The summed E-state index contributed by atoms with van der Waals surface area (Å²) < 4.78 is 15.8. The normalized spacial score (nSPS) is 15.1. The molecule has 0 aromatic rings. The third-order valence-electron chi connectivity index (χ3n) is 2.02. The third kappa shape index (κ3) is 6.74. The molecular formula is C12H23NOS. The SMILES string of the molecule is C=CCCCC(CC)=N[S+]([O-])C(C)(C)C. The average Bonchev–Trinajstić information content (AvgIpc) is 2.14. The van der Waals surface area contributed by atoms with Gasteiger partial charge in [0, 0.05) is 0 Å². The minimum absolute atomic E-state index is 0.251. The van der Waals surface area contributed by atoms with E-state index in [4.69, 9.17) is 0 Å². The first-order valence-corrected chi connectivity index (χ1v) is 6.61. The molecule has 0 bridgehead atoms. The fourth-order valence-electron chi connectivity index (χ4n) is 0.992. The fraction of sp³-hybridized carbons (Fsp3) is 0.750. The summed E-state index contributed by atoms with van der Waals surface area (Å²) >= 11 is -1.11. The van der Waals surface area contributed by atoms with Gasteiger partial charge < -0.3 is 4.55 Å². The topological polar surface area (TPSA) is 35.4 Å². The van der Waals surface area contributed by atoms with Crippen LogP contribution >= 0.6 is 0 Å². The Kier molecular flexibility index (Phi) is 6.94. The monoisotopic (exact) mass is 229 g/mol. The van der Waals surface area contributed by atoms with Crippen molar-refractivity contribution in [2.24, 2.45) is 4.40 Å². The molecule has 0 N–H and O–H groups in total. The Morgan fingerprint density at radius 3 is 2.47 bits per heavy atom. The van der Waals surface area contributed by atoms with Crippen molar-refractivity contribution in [3.63, 3.8) is 0 Å². The van der Waals surface area contributed by atoms with Crippen molar-refractivity contribution in [3.05, 3.63) is 12.7 Å². The number of rotatable bonds is 6. The maximum absolute atomic E-state index is 11.8. The fourth-order valence-corrected chi connectivity index (χ4v) is 1.72. The van der Waals surface area contributed by atoms with Crippen LogP contribution < -0.4 is 0 Å². The zero-order valence-corrected chi connectivity index (χ0v) is 11.2. The molecule has 0 rings (SSSR count). The maximum atomic E-state index is 11.8. The highest BCUT2D eigenvalue weighted by Gasteiger charge is 2.26. The summed E-state index contributed by atoms with van der Waals surface area (Å²) in [4.78, 5) is 0. The Hall–Kier alpha value is -0.280. The zero-order valence-electron chi connectivity index (χ0n) is 10.4. The lowest BCUT2D eigenvalue weighted by atomic mass is 10.1. The van der Waals surface area contributed by atoms with Gasteiger partial charge in [0.1, 0.15) is 16.1 Å². The molecule has 0 aliphatic rings. The molecule has 2 nitrogen and oxygen atoms in total. The van der Waals surface area contributed by atoms with E-state index in [-0.39, 0.29) is 4.75 Å². The Bertz CT molecular complexity index is 218. The van der Waals surface area contributed by atoms with Gasteiger partial charge in [0.15, 0.2) is 0 Å². The van der Waals surface area contributed by atoms with Crippen molar-refractivity contribution in [3.8, 4) is 0 Å². The Balaban J connectivity index is 4.25. The highest BCUT2D eigenvalue weighted by molar-refractivity contribution is 7.91. The van der Waals surface area contributed by atoms with Crippen LogP contribution in [0.1, 0.15) is 53.4 Å². The lowest BCUT2D eigenvalue weighted by Gasteiger charge is -2.19. The molecule has 0 spiro atoms. The van der Waals surface area contributed by atoms with Crippen LogP contribution in [0.15, 0.2) is 17.1 Å². The van der Waals surface area contributed by atoms with Crippen LogP contribution in [0.25, 0.3) is 0 Å². The summed E-state index contributed by atoms with van der Waals surface area (Å²) in [5.74, 6) is 0. The molecular weight excluding hydrogens is 206 g/mol. The third-order valence-corrected chi connectivity index (χ3v) is 3.49. The predicted molar refractivity (Wildman–Crippen MR) is 69.7 cm³/mol. The van der Waals surface area contributed by atoms with E-state index in [2.05, 4.69) is 17.9 Å². The molecule has 0 aliphatic heterocycles. The molecule has 15 heavy (non-hydrogen) atoms. The van der Waals surface area contributed by atoms with Crippen LogP contribution in [0.4, 0.5) is 0 Å². The maximum Gasteiger partial charge on any atom is 0.144 e. The Labute approximate surface area is 97.2 Å². The van der Waals surface area contributed by atoms with E-state index in [1.165, 1.54) is 0 Å². The summed E-state index contributed by atoms with van der Waals surface area (Å²) in [6.07, 6.45) is 5.79. The summed E-state index contributed by atoms with van der Waals surface area (Å²) in [5, 5.41) is 0. The molecule has 0 aromatic carbocycles. The van der Waals surface area contributed by atoms with Gasteiger partial charge in [-0.25, -0.2) is 0 Å². The number of hydrogen-bond acceptors (Lipinski definition) is 2. The van der Waals surface area contributed by atoms with Gasteiger partial charge in [-0.2, -0.15) is 0 Å². The molecule has 88 valence electrons. The average molecular weight is 229 g/mol. The first-order valence-electron chi connectivity index (χ1n) is 5.51. The quantitative estimate of drug-likeness (QED) is 0.296. The van der Waals surface area contributed by atoms with Crippen LogP contribution in [-0.4, -0.2) is 15.0 Å². The second-order valence-corrected chi connectivity index (χ2v) is 6.46. The summed E-state index contributed by atoms with van der Waals surface area (Å²) in [6.45, 7) is 11.6. The van der Waals surface area contributed by atoms with Gasteiger partial charge >= 0.3 is 0 Å². The minimum Gasteiger partial charge on any atom is -0.591 e. The second-order valence-electron chi connectivity index (χ2n) is 4.55. The van der Waals surface area contributed by atoms with Crippen LogP contribution in [0.3, 0.4) is 0 Å². The van der Waals surface area contributed by atoms with E-state index in [1.54, 1.807) is 0 Å². The van der Waals surface area contributed by atoms with Crippen molar-refractivity contribution in [1.29, 1.82) is 0 Å². The zero-order chi connectivity index (χ0) is 11.9. The molecule has 0 radical (unpaired) electrons.